The van der Waals surface area contributed by atoms with Gasteiger partial charge in [0, 0.05) is 6.54 Å². The molecule has 0 amide bonds. The Labute approximate surface area is 116 Å². The first-order chi connectivity index (χ1) is 9.31. The predicted octanol–water partition coefficient (Wildman–Crippen LogP) is 2.36. The Bertz CT molecular complexity index is 386. The zero-order valence-electron chi connectivity index (χ0n) is 12.0. The van der Waals surface area contributed by atoms with Gasteiger partial charge < -0.3 is 15.4 Å². The Hall–Kier alpha value is -1.06. The van der Waals surface area contributed by atoms with Gasteiger partial charge in [-0.15, -0.1) is 0 Å². The molecule has 19 heavy (non-hydrogen) atoms. The summed E-state index contributed by atoms with van der Waals surface area (Å²) in [4.78, 5) is 2.53. The molecule has 2 rings (SSSR count). The fraction of sp³-hybridized carbons (Fsp3) is 0.625. The minimum atomic E-state index is 0.674. The van der Waals surface area contributed by atoms with Crippen LogP contribution in [0.2, 0.25) is 0 Å². The zero-order valence-corrected chi connectivity index (χ0v) is 12.0. The van der Waals surface area contributed by atoms with Crippen molar-refractivity contribution in [1.82, 2.24) is 4.90 Å². The average molecular weight is 262 g/mol. The van der Waals surface area contributed by atoms with Gasteiger partial charge in [-0.1, -0.05) is 18.2 Å². The lowest BCUT2D eigenvalue weighted by Gasteiger charge is -2.16. The van der Waals surface area contributed by atoms with Crippen molar-refractivity contribution in [2.45, 2.75) is 32.6 Å². The third-order valence-electron chi connectivity index (χ3n) is 3.77. The van der Waals surface area contributed by atoms with Crippen LogP contribution in [0.1, 0.15) is 30.4 Å². The summed E-state index contributed by atoms with van der Waals surface area (Å²) < 4.78 is 6.00. The van der Waals surface area contributed by atoms with Crippen molar-refractivity contribution in [2.24, 2.45) is 5.73 Å². The number of benzene rings is 1. The van der Waals surface area contributed by atoms with E-state index in [9.17, 15) is 0 Å². The summed E-state index contributed by atoms with van der Waals surface area (Å²) in [6, 6.07) is 6.31. The molecule has 1 fully saturated rings. The molecule has 0 saturated carbocycles. The highest BCUT2D eigenvalue weighted by Gasteiger charge is 2.11. The van der Waals surface area contributed by atoms with Crippen LogP contribution in [-0.4, -0.2) is 37.7 Å². The first kappa shape index (κ1) is 14.4. The molecule has 2 N–H and O–H groups in total. The van der Waals surface area contributed by atoms with E-state index in [1.54, 1.807) is 0 Å². The average Bonchev–Trinajstić information content (AvgIpc) is 2.90. The summed E-state index contributed by atoms with van der Waals surface area (Å²) in [5.41, 5.74) is 8.11. The number of rotatable bonds is 7. The molecule has 1 aromatic carbocycles. The topological polar surface area (TPSA) is 38.5 Å². The van der Waals surface area contributed by atoms with Gasteiger partial charge in [-0.25, -0.2) is 0 Å². The van der Waals surface area contributed by atoms with Crippen molar-refractivity contribution < 1.29 is 4.74 Å². The van der Waals surface area contributed by atoms with Crippen LogP contribution in [0.4, 0.5) is 0 Å². The van der Waals surface area contributed by atoms with E-state index in [-0.39, 0.29) is 0 Å². The molecule has 3 nitrogen and oxygen atoms in total. The van der Waals surface area contributed by atoms with Gasteiger partial charge in [-0.05, 0) is 63.4 Å². The number of hydrogen-bond acceptors (Lipinski definition) is 3. The number of nitrogens with two attached hydrogens (primary N) is 1. The monoisotopic (exact) mass is 262 g/mol. The lowest BCUT2D eigenvalue weighted by molar-refractivity contribution is 0.261. The number of para-hydroxylation sites is 1. The molecular formula is C16H26N2O. The van der Waals surface area contributed by atoms with E-state index in [0.717, 1.165) is 31.7 Å². The van der Waals surface area contributed by atoms with Gasteiger partial charge in [0.25, 0.3) is 0 Å². The fourth-order valence-electron chi connectivity index (χ4n) is 2.74. The molecule has 1 saturated heterocycles. The molecule has 0 aromatic heterocycles. The molecule has 0 radical (unpaired) electrons. The Balaban J connectivity index is 1.80. The molecule has 106 valence electrons. The van der Waals surface area contributed by atoms with Gasteiger partial charge in [0.1, 0.15) is 5.75 Å². The molecule has 0 spiro atoms. The summed E-state index contributed by atoms with van der Waals surface area (Å²) in [5, 5.41) is 0. The van der Waals surface area contributed by atoms with Crippen molar-refractivity contribution in [1.29, 1.82) is 0 Å². The Morgan fingerprint density at radius 2 is 2.05 bits per heavy atom. The van der Waals surface area contributed by atoms with Gasteiger partial charge in [0.15, 0.2) is 0 Å². The van der Waals surface area contributed by atoms with Gasteiger partial charge >= 0.3 is 0 Å². The second kappa shape index (κ2) is 7.51. The minimum Gasteiger partial charge on any atom is -0.493 e. The first-order valence-corrected chi connectivity index (χ1v) is 7.45. The summed E-state index contributed by atoms with van der Waals surface area (Å²) in [5.74, 6) is 1.05. The second-order valence-corrected chi connectivity index (χ2v) is 5.35. The summed E-state index contributed by atoms with van der Waals surface area (Å²) in [6.07, 6.45) is 4.72. The fourth-order valence-corrected chi connectivity index (χ4v) is 2.74. The van der Waals surface area contributed by atoms with Gasteiger partial charge in [-0.3, -0.25) is 0 Å². The van der Waals surface area contributed by atoms with Crippen molar-refractivity contribution in [3.05, 3.63) is 29.3 Å². The Kier molecular flexibility index (Phi) is 5.67. The quantitative estimate of drug-likeness (QED) is 0.767. The molecule has 0 unspecified atom stereocenters. The van der Waals surface area contributed by atoms with Gasteiger partial charge in [0.05, 0.1) is 6.61 Å². The van der Waals surface area contributed by atoms with Crippen molar-refractivity contribution in [2.75, 3.05) is 32.8 Å². The Morgan fingerprint density at radius 3 is 2.79 bits per heavy atom. The van der Waals surface area contributed by atoms with Crippen molar-refractivity contribution in [3.63, 3.8) is 0 Å². The first-order valence-electron chi connectivity index (χ1n) is 7.45. The highest BCUT2D eigenvalue weighted by Crippen LogP contribution is 2.23. The smallest absolute Gasteiger partial charge is 0.125 e. The summed E-state index contributed by atoms with van der Waals surface area (Å²) in [7, 11) is 0. The second-order valence-electron chi connectivity index (χ2n) is 5.35. The zero-order chi connectivity index (χ0) is 13.5. The van der Waals surface area contributed by atoms with Crippen molar-refractivity contribution in [3.8, 4) is 5.75 Å². The number of nitrogens with zero attached hydrogens (tertiary/aromatic N) is 1. The molecule has 0 bridgehead atoms. The molecular weight excluding hydrogens is 236 g/mol. The lowest BCUT2D eigenvalue weighted by atomic mass is 10.1. The molecule has 1 aromatic rings. The number of hydrogen-bond donors (Lipinski definition) is 1. The van der Waals surface area contributed by atoms with E-state index in [2.05, 4.69) is 30.0 Å². The van der Waals surface area contributed by atoms with E-state index < -0.39 is 0 Å². The van der Waals surface area contributed by atoms with E-state index >= 15 is 0 Å². The number of ether oxygens (including phenoxy) is 1. The van der Waals surface area contributed by atoms with Crippen LogP contribution >= 0.6 is 0 Å². The van der Waals surface area contributed by atoms with Gasteiger partial charge in [0.2, 0.25) is 0 Å². The Morgan fingerprint density at radius 1 is 1.26 bits per heavy atom. The molecule has 0 atom stereocenters. The normalized spacial score (nSPS) is 15.9. The third kappa shape index (κ3) is 4.22. The molecule has 1 heterocycles. The molecule has 3 heteroatoms. The number of likely N-dealkylation sites (tertiary alicyclic amines) is 1. The number of aryl methyl sites for hydroxylation is 1. The summed E-state index contributed by atoms with van der Waals surface area (Å²) >= 11 is 0. The van der Waals surface area contributed by atoms with E-state index in [4.69, 9.17) is 10.5 Å². The van der Waals surface area contributed by atoms with E-state index in [1.807, 2.05) is 0 Å². The van der Waals surface area contributed by atoms with Crippen LogP contribution in [0.3, 0.4) is 0 Å². The largest absolute Gasteiger partial charge is 0.493 e. The van der Waals surface area contributed by atoms with E-state index in [0.29, 0.717) is 6.54 Å². The van der Waals surface area contributed by atoms with Crippen LogP contribution in [0.5, 0.6) is 5.75 Å². The van der Waals surface area contributed by atoms with Crippen LogP contribution < -0.4 is 10.5 Å². The maximum absolute atomic E-state index is 6.00. The van der Waals surface area contributed by atoms with E-state index in [1.165, 1.54) is 37.1 Å². The molecule has 1 aliphatic heterocycles. The highest BCUT2D eigenvalue weighted by atomic mass is 16.5. The maximum atomic E-state index is 6.00. The van der Waals surface area contributed by atoms with Crippen LogP contribution in [0, 0.1) is 6.92 Å². The van der Waals surface area contributed by atoms with Crippen LogP contribution in [0.25, 0.3) is 0 Å². The van der Waals surface area contributed by atoms with Gasteiger partial charge in [-0.2, -0.15) is 0 Å². The molecule has 1 aliphatic rings. The van der Waals surface area contributed by atoms with Crippen LogP contribution in [0.15, 0.2) is 18.2 Å². The highest BCUT2D eigenvalue weighted by molar-refractivity contribution is 5.40. The van der Waals surface area contributed by atoms with Crippen molar-refractivity contribution >= 4 is 0 Å². The standard InChI is InChI=1S/C16H26N2O/c1-14-6-4-7-15(8-9-17)16(14)19-13-5-12-18-10-2-3-11-18/h4,6-7H,2-3,5,8-13,17H2,1H3. The van der Waals surface area contributed by atoms with Crippen LogP contribution in [-0.2, 0) is 6.42 Å². The predicted molar refractivity (Wildman–Crippen MR) is 79.7 cm³/mol. The lowest BCUT2D eigenvalue weighted by Crippen LogP contribution is -2.22. The molecule has 0 aliphatic carbocycles. The third-order valence-corrected chi connectivity index (χ3v) is 3.77. The summed E-state index contributed by atoms with van der Waals surface area (Å²) in [6.45, 7) is 7.28. The SMILES string of the molecule is Cc1cccc(CCN)c1OCCCN1CCCC1. The minimum absolute atomic E-state index is 0.674. The maximum Gasteiger partial charge on any atom is 0.125 e.